The molecule has 0 aromatic heterocycles. The highest BCUT2D eigenvalue weighted by molar-refractivity contribution is 5.81. The molecule has 0 bridgehead atoms. The number of carboxylic acid groups (broad SMARTS) is 1. The van der Waals surface area contributed by atoms with E-state index < -0.39 is 11.4 Å². The number of carboxylic acids is 1. The van der Waals surface area contributed by atoms with Gasteiger partial charge in [0.25, 0.3) is 0 Å². The highest BCUT2D eigenvalue weighted by Crippen LogP contribution is 2.43. The molecule has 6 heteroatoms. The minimum Gasteiger partial charge on any atom is -0.481 e. The van der Waals surface area contributed by atoms with Gasteiger partial charge in [0.1, 0.15) is 5.41 Å². The van der Waals surface area contributed by atoms with Crippen molar-refractivity contribution in [2.45, 2.75) is 38.3 Å². The van der Waals surface area contributed by atoms with E-state index in [0.717, 1.165) is 25.9 Å². The number of carbonyl (C=O) groups excluding carboxylic acids is 1. The van der Waals surface area contributed by atoms with Crippen molar-refractivity contribution in [3.8, 4) is 0 Å². The number of fused-ring (bicyclic) bond motifs is 1. The minimum atomic E-state index is -0.832. The Morgan fingerprint density at radius 3 is 2.50 bits per heavy atom. The highest BCUT2D eigenvalue weighted by Gasteiger charge is 2.58. The lowest BCUT2D eigenvalue weighted by Gasteiger charge is -2.26. The molecule has 3 aliphatic rings. The molecule has 0 spiro atoms. The molecule has 0 radical (unpaired) electrons. The molecule has 2 aliphatic heterocycles. The van der Waals surface area contributed by atoms with Gasteiger partial charge in [-0.25, -0.2) is 4.79 Å². The minimum absolute atomic E-state index is 0.00181. The van der Waals surface area contributed by atoms with Crippen LogP contribution in [-0.4, -0.2) is 59.1 Å². The SMILES string of the molecule is O=C(NC1CCCC1)N1C[C@H]2CN(Cc3ccccc3)C[C@@]2(C(=O)O)C1. The Morgan fingerprint density at radius 1 is 1.12 bits per heavy atom. The van der Waals surface area contributed by atoms with Gasteiger partial charge < -0.3 is 15.3 Å². The first-order valence-electron chi connectivity index (χ1n) is 9.62. The lowest BCUT2D eigenvalue weighted by molar-refractivity contribution is -0.148. The summed E-state index contributed by atoms with van der Waals surface area (Å²) in [6.45, 7) is 2.86. The van der Waals surface area contributed by atoms with Gasteiger partial charge in [-0.05, 0) is 18.4 Å². The summed E-state index contributed by atoms with van der Waals surface area (Å²) >= 11 is 0. The Labute approximate surface area is 154 Å². The van der Waals surface area contributed by atoms with Crippen LogP contribution in [0.15, 0.2) is 30.3 Å². The van der Waals surface area contributed by atoms with Gasteiger partial charge in [0.2, 0.25) is 0 Å². The summed E-state index contributed by atoms with van der Waals surface area (Å²) in [7, 11) is 0. The van der Waals surface area contributed by atoms with Crippen molar-refractivity contribution in [1.29, 1.82) is 0 Å². The Morgan fingerprint density at radius 2 is 1.85 bits per heavy atom. The quantitative estimate of drug-likeness (QED) is 0.866. The Kier molecular flexibility index (Phi) is 4.61. The topological polar surface area (TPSA) is 72.9 Å². The number of nitrogens with zero attached hydrogens (tertiary/aromatic N) is 2. The predicted octanol–water partition coefficient (Wildman–Crippen LogP) is 2.16. The molecule has 4 rings (SSSR count). The van der Waals surface area contributed by atoms with Crippen LogP contribution in [0.1, 0.15) is 31.2 Å². The van der Waals surface area contributed by atoms with E-state index in [1.165, 1.54) is 18.4 Å². The van der Waals surface area contributed by atoms with Crippen molar-refractivity contribution in [3.05, 3.63) is 35.9 Å². The zero-order valence-corrected chi connectivity index (χ0v) is 15.1. The van der Waals surface area contributed by atoms with E-state index in [-0.39, 0.29) is 18.0 Å². The molecule has 2 saturated heterocycles. The average Bonchev–Trinajstić information content (AvgIpc) is 3.30. The normalized spacial score (nSPS) is 29.1. The van der Waals surface area contributed by atoms with Gasteiger partial charge in [-0.3, -0.25) is 9.69 Å². The van der Waals surface area contributed by atoms with E-state index in [1.54, 1.807) is 4.90 Å². The Bertz CT molecular complexity index is 674. The summed E-state index contributed by atoms with van der Waals surface area (Å²) < 4.78 is 0. The van der Waals surface area contributed by atoms with Crippen LogP contribution in [0.25, 0.3) is 0 Å². The molecule has 1 saturated carbocycles. The molecule has 1 aromatic rings. The molecular formula is C20H27N3O3. The largest absolute Gasteiger partial charge is 0.481 e. The van der Waals surface area contributed by atoms with Gasteiger partial charge in [-0.15, -0.1) is 0 Å². The van der Waals surface area contributed by atoms with Crippen LogP contribution in [0.3, 0.4) is 0 Å². The van der Waals surface area contributed by atoms with Crippen molar-refractivity contribution in [1.82, 2.24) is 15.1 Å². The molecule has 0 unspecified atom stereocenters. The number of urea groups is 1. The van der Waals surface area contributed by atoms with Crippen LogP contribution >= 0.6 is 0 Å². The molecule has 140 valence electrons. The van der Waals surface area contributed by atoms with Crippen molar-refractivity contribution < 1.29 is 14.7 Å². The van der Waals surface area contributed by atoms with Crippen molar-refractivity contribution in [2.24, 2.45) is 11.3 Å². The maximum absolute atomic E-state index is 12.6. The summed E-state index contributed by atoms with van der Waals surface area (Å²) in [5.41, 5.74) is 0.366. The summed E-state index contributed by atoms with van der Waals surface area (Å²) in [6.07, 6.45) is 4.41. The summed E-state index contributed by atoms with van der Waals surface area (Å²) in [5, 5.41) is 13.1. The molecular weight excluding hydrogens is 330 g/mol. The monoisotopic (exact) mass is 357 g/mol. The van der Waals surface area contributed by atoms with E-state index in [4.69, 9.17) is 0 Å². The molecule has 1 aromatic carbocycles. The third kappa shape index (κ3) is 3.18. The number of aliphatic carboxylic acids is 1. The molecule has 3 fully saturated rings. The Hall–Kier alpha value is -2.08. The molecule has 2 amide bonds. The second-order valence-corrected chi connectivity index (χ2v) is 8.12. The maximum Gasteiger partial charge on any atom is 0.317 e. The fourth-order valence-electron chi connectivity index (χ4n) is 4.92. The smallest absolute Gasteiger partial charge is 0.317 e. The lowest BCUT2D eigenvalue weighted by Crippen LogP contribution is -2.46. The van der Waals surface area contributed by atoms with E-state index in [9.17, 15) is 14.7 Å². The van der Waals surface area contributed by atoms with Gasteiger partial charge in [-0.2, -0.15) is 0 Å². The number of hydrogen-bond acceptors (Lipinski definition) is 3. The van der Waals surface area contributed by atoms with Gasteiger partial charge in [-0.1, -0.05) is 43.2 Å². The molecule has 26 heavy (non-hydrogen) atoms. The number of hydrogen-bond donors (Lipinski definition) is 2. The lowest BCUT2D eigenvalue weighted by atomic mass is 9.81. The first kappa shape index (κ1) is 17.3. The van der Waals surface area contributed by atoms with Crippen LogP contribution in [0, 0.1) is 11.3 Å². The highest BCUT2D eigenvalue weighted by atomic mass is 16.4. The van der Waals surface area contributed by atoms with Gasteiger partial charge in [0.05, 0.1) is 0 Å². The second-order valence-electron chi connectivity index (χ2n) is 8.12. The van der Waals surface area contributed by atoms with E-state index in [0.29, 0.717) is 19.6 Å². The predicted molar refractivity (Wildman–Crippen MR) is 97.6 cm³/mol. The fraction of sp³-hybridized carbons (Fsp3) is 0.600. The molecule has 2 N–H and O–H groups in total. The molecule has 2 heterocycles. The first-order chi connectivity index (χ1) is 12.6. The van der Waals surface area contributed by atoms with Crippen molar-refractivity contribution in [3.63, 3.8) is 0 Å². The standard InChI is InChI=1S/C20H27N3O3/c24-18(25)20-13-22(10-15-6-2-1-3-7-15)11-16(20)12-23(14-20)19(26)21-17-8-4-5-9-17/h1-3,6-7,16-17H,4-5,8-14H2,(H,21,26)(H,24,25)/t16-,20-/m1/s1. The maximum atomic E-state index is 12.6. The van der Waals surface area contributed by atoms with Crippen LogP contribution in [0.4, 0.5) is 4.79 Å². The number of carbonyl (C=O) groups is 2. The Balaban J connectivity index is 1.41. The van der Waals surface area contributed by atoms with Crippen LogP contribution < -0.4 is 5.32 Å². The van der Waals surface area contributed by atoms with E-state index in [2.05, 4.69) is 22.3 Å². The summed E-state index contributed by atoms with van der Waals surface area (Å²) in [4.78, 5) is 28.7. The van der Waals surface area contributed by atoms with Crippen molar-refractivity contribution >= 4 is 12.0 Å². The van der Waals surface area contributed by atoms with Crippen LogP contribution in [0.5, 0.6) is 0 Å². The number of likely N-dealkylation sites (tertiary alicyclic amines) is 2. The van der Waals surface area contributed by atoms with E-state index in [1.807, 2.05) is 18.2 Å². The summed E-state index contributed by atoms with van der Waals surface area (Å²) in [5.74, 6) is -0.771. The number of rotatable bonds is 4. The zero-order valence-electron chi connectivity index (χ0n) is 15.1. The van der Waals surface area contributed by atoms with Crippen molar-refractivity contribution in [2.75, 3.05) is 26.2 Å². The summed E-state index contributed by atoms with van der Waals surface area (Å²) in [6, 6.07) is 10.3. The number of amides is 2. The number of nitrogens with one attached hydrogen (secondary N) is 1. The fourth-order valence-corrected chi connectivity index (χ4v) is 4.92. The third-order valence-electron chi connectivity index (χ3n) is 6.32. The molecule has 6 nitrogen and oxygen atoms in total. The van der Waals surface area contributed by atoms with E-state index >= 15 is 0 Å². The molecule has 2 atom stereocenters. The third-order valence-corrected chi connectivity index (χ3v) is 6.32. The average molecular weight is 357 g/mol. The zero-order chi connectivity index (χ0) is 18.1. The van der Waals surface area contributed by atoms with Crippen LogP contribution in [-0.2, 0) is 11.3 Å². The first-order valence-corrected chi connectivity index (χ1v) is 9.62. The van der Waals surface area contributed by atoms with Gasteiger partial charge >= 0.3 is 12.0 Å². The van der Waals surface area contributed by atoms with Crippen LogP contribution in [0.2, 0.25) is 0 Å². The van der Waals surface area contributed by atoms with Gasteiger partial charge in [0.15, 0.2) is 0 Å². The molecule has 1 aliphatic carbocycles. The second kappa shape index (κ2) is 6.91. The number of benzene rings is 1. The van der Waals surface area contributed by atoms with Gasteiger partial charge in [0, 0.05) is 44.7 Å².